The second-order valence-corrected chi connectivity index (χ2v) is 4.87. The number of aromatic carboxylic acids is 1. The van der Waals surface area contributed by atoms with Gasteiger partial charge in [0.1, 0.15) is 12.4 Å². The van der Waals surface area contributed by atoms with Gasteiger partial charge in [0, 0.05) is 6.42 Å². The zero-order chi connectivity index (χ0) is 13.0. The summed E-state index contributed by atoms with van der Waals surface area (Å²) in [6.07, 6.45) is 0.383. The monoisotopic (exact) mass is 364 g/mol. The minimum atomic E-state index is -1.06. The van der Waals surface area contributed by atoms with Crippen LogP contribution in [0.5, 0.6) is 5.75 Å². The highest BCUT2D eigenvalue weighted by Gasteiger charge is 2.16. The maximum absolute atomic E-state index is 11.2. The summed E-state index contributed by atoms with van der Waals surface area (Å²) in [6.45, 7) is 1.67. The van der Waals surface area contributed by atoms with Gasteiger partial charge in [-0.1, -0.05) is 6.92 Å². The number of Topliss-reactive ketones (excluding diaryl/α,β-unsaturated/α-hetero) is 1. The minimum Gasteiger partial charge on any atom is -0.483 e. The van der Waals surface area contributed by atoms with E-state index in [2.05, 4.69) is 31.9 Å². The van der Waals surface area contributed by atoms with Crippen LogP contribution in [0.1, 0.15) is 23.7 Å². The van der Waals surface area contributed by atoms with Gasteiger partial charge >= 0.3 is 5.97 Å². The van der Waals surface area contributed by atoms with Gasteiger partial charge in [-0.2, -0.15) is 0 Å². The van der Waals surface area contributed by atoms with Gasteiger partial charge in [-0.25, -0.2) is 4.79 Å². The summed E-state index contributed by atoms with van der Waals surface area (Å²) >= 11 is 6.40. The average molecular weight is 366 g/mol. The van der Waals surface area contributed by atoms with E-state index in [1.165, 1.54) is 6.07 Å². The fraction of sp³-hybridized carbons (Fsp3) is 0.273. The molecule has 0 amide bonds. The number of halogens is 2. The first kappa shape index (κ1) is 14.2. The zero-order valence-electron chi connectivity index (χ0n) is 9.00. The van der Waals surface area contributed by atoms with Gasteiger partial charge in [-0.3, -0.25) is 4.79 Å². The molecule has 1 aromatic carbocycles. The van der Waals surface area contributed by atoms with Gasteiger partial charge in [0.25, 0.3) is 0 Å². The Kier molecular flexibility index (Phi) is 5.14. The molecular weight excluding hydrogens is 356 g/mol. The number of carboxylic acids is 1. The number of ether oxygens (including phenoxy) is 1. The minimum absolute atomic E-state index is 0.0514. The molecule has 0 aliphatic rings. The van der Waals surface area contributed by atoms with Crippen LogP contribution in [0.2, 0.25) is 0 Å². The lowest BCUT2D eigenvalue weighted by Gasteiger charge is -2.11. The van der Waals surface area contributed by atoms with Gasteiger partial charge in [0.05, 0.1) is 14.5 Å². The van der Waals surface area contributed by atoms with Crippen LogP contribution >= 0.6 is 31.9 Å². The smallest absolute Gasteiger partial charge is 0.336 e. The maximum Gasteiger partial charge on any atom is 0.336 e. The van der Waals surface area contributed by atoms with Crippen molar-refractivity contribution in [2.45, 2.75) is 13.3 Å². The van der Waals surface area contributed by atoms with Crippen LogP contribution in [-0.4, -0.2) is 23.5 Å². The Labute approximate surface area is 115 Å². The van der Waals surface area contributed by atoms with Crippen LogP contribution in [-0.2, 0) is 4.79 Å². The number of carbonyl (C=O) groups excluding carboxylic acids is 1. The molecule has 92 valence electrons. The number of carbonyl (C=O) groups is 2. The molecule has 4 nitrogen and oxygen atoms in total. The molecule has 1 aromatic rings. The Morgan fingerprint density at radius 1 is 1.35 bits per heavy atom. The van der Waals surface area contributed by atoms with E-state index in [0.29, 0.717) is 21.1 Å². The predicted molar refractivity (Wildman–Crippen MR) is 69.6 cm³/mol. The first-order chi connectivity index (χ1) is 7.97. The lowest BCUT2D eigenvalue weighted by molar-refractivity contribution is -0.120. The molecule has 17 heavy (non-hydrogen) atoms. The van der Waals surface area contributed by atoms with Crippen molar-refractivity contribution in [2.24, 2.45) is 0 Å². The topological polar surface area (TPSA) is 63.6 Å². The van der Waals surface area contributed by atoms with E-state index in [4.69, 9.17) is 9.84 Å². The molecule has 1 rings (SSSR count). The Morgan fingerprint density at radius 3 is 2.53 bits per heavy atom. The highest BCUT2D eigenvalue weighted by atomic mass is 79.9. The van der Waals surface area contributed by atoms with Crippen molar-refractivity contribution in [1.29, 1.82) is 0 Å². The van der Waals surface area contributed by atoms with Crippen molar-refractivity contribution in [3.63, 3.8) is 0 Å². The predicted octanol–water partition coefficient (Wildman–Crippen LogP) is 3.27. The fourth-order valence-electron chi connectivity index (χ4n) is 1.08. The van der Waals surface area contributed by atoms with E-state index in [9.17, 15) is 9.59 Å². The SMILES string of the molecule is CCC(=O)COc1c(Br)ccc(C(=O)O)c1Br. The van der Waals surface area contributed by atoms with Gasteiger partial charge in [0.2, 0.25) is 0 Å². The summed E-state index contributed by atoms with van der Waals surface area (Å²) in [5.74, 6) is -0.785. The summed E-state index contributed by atoms with van der Waals surface area (Å²) < 4.78 is 6.22. The summed E-state index contributed by atoms with van der Waals surface area (Å²) in [7, 11) is 0. The van der Waals surface area contributed by atoms with Gasteiger partial charge in [-0.05, 0) is 44.0 Å². The van der Waals surface area contributed by atoms with Crippen molar-refractivity contribution in [1.82, 2.24) is 0 Å². The lowest BCUT2D eigenvalue weighted by atomic mass is 10.2. The third-order valence-electron chi connectivity index (χ3n) is 2.05. The average Bonchev–Trinajstić information content (AvgIpc) is 2.27. The third kappa shape index (κ3) is 3.54. The van der Waals surface area contributed by atoms with E-state index in [1.54, 1.807) is 13.0 Å². The largest absolute Gasteiger partial charge is 0.483 e. The second kappa shape index (κ2) is 6.16. The highest BCUT2D eigenvalue weighted by molar-refractivity contribution is 9.11. The Morgan fingerprint density at radius 2 is 2.00 bits per heavy atom. The molecule has 0 fully saturated rings. The number of benzene rings is 1. The van der Waals surface area contributed by atoms with E-state index < -0.39 is 5.97 Å². The van der Waals surface area contributed by atoms with E-state index in [1.807, 2.05) is 0 Å². The van der Waals surface area contributed by atoms with Gasteiger partial charge in [0.15, 0.2) is 5.78 Å². The normalized spacial score (nSPS) is 10.1. The molecule has 0 aliphatic heterocycles. The van der Waals surface area contributed by atoms with Crippen LogP contribution in [0.3, 0.4) is 0 Å². The molecule has 0 aliphatic carbocycles. The fourth-order valence-corrected chi connectivity index (χ4v) is 2.43. The number of rotatable bonds is 5. The molecule has 0 saturated heterocycles. The van der Waals surface area contributed by atoms with Crippen LogP contribution in [0, 0.1) is 0 Å². The lowest BCUT2D eigenvalue weighted by Crippen LogP contribution is -2.11. The molecule has 0 radical (unpaired) electrons. The number of hydrogen-bond acceptors (Lipinski definition) is 3. The van der Waals surface area contributed by atoms with Crippen LogP contribution in [0.25, 0.3) is 0 Å². The van der Waals surface area contributed by atoms with E-state index in [0.717, 1.165) is 0 Å². The summed E-state index contributed by atoms with van der Waals surface area (Å²) in [5, 5.41) is 8.94. The molecule has 6 heteroatoms. The van der Waals surface area contributed by atoms with Crippen LogP contribution < -0.4 is 4.74 Å². The first-order valence-electron chi connectivity index (χ1n) is 4.83. The van der Waals surface area contributed by atoms with Crippen molar-refractivity contribution in [2.75, 3.05) is 6.61 Å². The standard InChI is InChI=1S/C11H10Br2O4/c1-2-6(14)5-17-10-8(12)4-3-7(9(10)13)11(15)16/h3-4H,2,5H2,1H3,(H,15,16). The molecule has 0 spiro atoms. The maximum atomic E-state index is 11.2. The Bertz CT molecular complexity index is 457. The highest BCUT2D eigenvalue weighted by Crippen LogP contribution is 2.36. The summed E-state index contributed by atoms with van der Waals surface area (Å²) in [4.78, 5) is 22.1. The molecule has 0 saturated carbocycles. The number of ketones is 1. The molecular formula is C11H10Br2O4. The summed E-state index contributed by atoms with van der Waals surface area (Å²) in [6, 6.07) is 3.02. The Balaban J connectivity index is 3.01. The third-order valence-corrected chi connectivity index (χ3v) is 3.46. The zero-order valence-corrected chi connectivity index (χ0v) is 12.2. The van der Waals surface area contributed by atoms with Crippen LogP contribution in [0.15, 0.2) is 21.1 Å². The van der Waals surface area contributed by atoms with Crippen molar-refractivity contribution < 1.29 is 19.4 Å². The second-order valence-electron chi connectivity index (χ2n) is 3.22. The molecule has 1 N–H and O–H groups in total. The quantitative estimate of drug-likeness (QED) is 0.869. The molecule has 0 heterocycles. The molecule has 0 unspecified atom stereocenters. The number of hydrogen-bond donors (Lipinski definition) is 1. The van der Waals surface area contributed by atoms with Crippen molar-refractivity contribution in [3.8, 4) is 5.75 Å². The number of carboxylic acid groups (broad SMARTS) is 1. The van der Waals surface area contributed by atoms with Gasteiger partial charge in [-0.15, -0.1) is 0 Å². The molecule has 0 bridgehead atoms. The molecule has 0 atom stereocenters. The van der Waals surface area contributed by atoms with E-state index >= 15 is 0 Å². The first-order valence-corrected chi connectivity index (χ1v) is 6.41. The van der Waals surface area contributed by atoms with E-state index in [-0.39, 0.29) is 18.0 Å². The van der Waals surface area contributed by atoms with Crippen LogP contribution in [0.4, 0.5) is 0 Å². The summed E-state index contributed by atoms with van der Waals surface area (Å²) in [5.41, 5.74) is 0.0900. The van der Waals surface area contributed by atoms with Crippen molar-refractivity contribution in [3.05, 3.63) is 26.6 Å². The van der Waals surface area contributed by atoms with Crippen molar-refractivity contribution >= 4 is 43.6 Å². The molecule has 0 aromatic heterocycles. The Hall–Kier alpha value is -0.880. The van der Waals surface area contributed by atoms with Gasteiger partial charge < -0.3 is 9.84 Å².